The summed E-state index contributed by atoms with van der Waals surface area (Å²) in [5, 5.41) is 6.16. The van der Waals surface area contributed by atoms with Gasteiger partial charge < -0.3 is 24.8 Å². The molecule has 40 heavy (non-hydrogen) atoms. The molecular formula is C28H42N4O8. The van der Waals surface area contributed by atoms with E-state index in [1.165, 1.54) is 0 Å². The minimum atomic E-state index is -1.41. The molecule has 0 aromatic heterocycles. The lowest BCUT2D eigenvalue weighted by Crippen LogP contribution is -2.55. The Bertz CT molecular complexity index is 1040. The molecule has 12 heteroatoms. The monoisotopic (exact) mass is 562 g/mol. The van der Waals surface area contributed by atoms with Crippen molar-refractivity contribution in [1.29, 1.82) is 0 Å². The summed E-state index contributed by atoms with van der Waals surface area (Å²) in [4.78, 5) is 63.5. The van der Waals surface area contributed by atoms with Crippen molar-refractivity contribution in [3.8, 4) is 0 Å². The summed E-state index contributed by atoms with van der Waals surface area (Å²) in [5.41, 5.74) is 2.62. The molecule has 1 fully saturated rings. The first-order valence-electron chi connectivity index (χ1n) is 13.4. The second-order valence-corrected chi connectivity index (χ2v) is 11.5. The number of ether oxygens (including phenoxy) is 3. The number of benzene rings is 1. The highest BCUT2D eigenvalue weighted by molar-refractivity contribution is 5.95. The molecule has 3 amide bonds. The van der Waals surface area contributed by atoms with Crippen LogP contribution in [0.4, 0.5) is 9.59 Å². The summed E-state index contributed by atoms with van der Waals surface area (Å²) >= 11 is 0. The van der Waals surface area contributed by atoms with Gasteiger partial charge in [0.2, 0.25) is 17.9 Å². The van der Waals surface area contributed by atoms with Crippen LogP contribution in [-0.4, -0.2) is 65.3 Å². The number of carbonyl (C=O) groups excluding carboxylic acids is 5. The maximum Gasteiger partial charge on any atom is 0.426 e. The van der Waals surface area contributed by atoms with Crippen molar-refractivity contribution in [3.63, 3.8) is 0 Å². The predicted octanol–water partition coefficient (Wildman–Crippen LogP) is 3.05. The number of carbonyl (C=O) groups is 5. The zero-order chi connectivity index (χ0) is 30.0. The zero-order valence-electron chi connectivity index (χ0n) is 24.3. The lowest BCUT2D eigenvalue weighted by molar-refractivity contribution is -0.156. The Kier molecular flexibility index (Phi) is 11.9. The van der Waals surface area contributed by atoms with Crippen molar-refractivity contribution in [2.24, 2.45) is 11.8 Å². The third kappa shape index (κ3) is 11.2. The van der Waals surface area contributed by atoms with Gasteiger partial charge in [0.25, 0.3) is 0 Å². The van der Waals surface area contributed by atoms with E-state index in [1.54, 1.807) is 20.8 Å². The average molecular weight is 563 g/mol. The van der Waals surface area contributed by atoms with E-state index >= 15 is 0 Å². The van der Waals surface area contributed by atoms with E-state index in [4.69, 9.17) is 14.2 Å². The smallest absolute Gasteiger partial charge is 0.426 e. The molecule has 0 aliphatic carbocycles. The highest BCUT2D eigenvalue weighted by Crippen LogP contribution is 2.15. The van der Waals surface area contributed by atoms with Crippen molar-refractivity contribution in [3.05, 3.63) is 35.9 Å². The number of amides is 3. The van der Waals surface area contributed by atoms with Crippen LogP contribution in [0.3, 0.4) is 0 Å². The molecule has 0 saturated carbocycles. The lowest BCUT2D eigenvalue weighted by atomic mass is 9.97. The van der Waals surface area contributed by atoms with Crippen LogP contribution < -0.4 is 16.1 Å². The Morgan fingerprint density at radius 3 is 2.15 bits per heavy atom. The number of alkyl carbamates (subject to hydrolysis) is 1. The second-order valence-electron chi connectivity index (χ2n) is 11.5. The fourth-order valence-electron chi connectivity index (χ4n) is 3.90. The molecule has 3 atom stereocenters. The number of ketones is 1. The van der Waals surface area contributed by atoms with Gasteiger partial charge in [-0.3, -0.25) is 14.4 Å². The molecule has 1 aromatic rings. The van der Waals surface area contributed by atoms with Crippen LogP contribution in [0.25, 0.3) is 0 Å². The maximum atomic E-state index is 13.3. The Labute approximate surface area is 235 Å². The summed E-state index contributed by atoms with van der Waals surface area (Å²) < 4.78 is 15.6. The van der Waals surface area contributed by atoms with Gasteiger partial charge in [-0.15, -0.1) is 0 Å². The van der Waals surface area contributed by atoms with Gasteiger partial charge in [-0.25, -0.2) is 14.6 Å². The van der Waals surface area contributed by atoms with Gasteiger partial charge in [-0.2, -0.15) is 5.43 Å². The van der Waals surface area contributed by atoms with Gasteiger partial charge in [-0.1, -0.05) is 58.0 Å². The van der Waals surface area contributed by atoms with Gasteiger partial charge in [0, 0.05) is 0 Å². The molecule has 0 spiro atoms. The van der Waals surface area contributed by atoms with Crippen LogP contribution in [0.15, 0.2) is 30.3 Å². The number of Topliss-reactive ketones (excluding diaryl/α,β-unsaturated/α-hetero) is 1. The molecule has 1 aromatic carbocycles. The Morgan fingerprint density at radius 1 is 0.975 bits per heavy atom. The highest BCUT2D eigenvalue weighted by atomic mass is 16.6. The molecule has 1 unspecified atom stereocenters. The fourth-order valence-corrected chi connectivity index (χ4v) is 3.90. The lowest BCUT2D eigenvalue weighted by Gasteiger charge is -2.26. The van der Waals surface area contributed by atoms with Crippen LogP contribution in [0.2, 0.25) is 0 Å². The number of hydrogen-bond donors (Lipinski definition) is 3. The Balaban J connectivity index is 2.05. The SMILES string of the molecule is CC(C)C[C@H](NC(=O)OCc1ccccc1)C(=O)N[C@@H](CC(C)C)C(=O)C1NN(CC(=O)OC(C)(C)C)C(=O)O1. The molecule has 1 aliphatic rings. The first-order valence-corrected chi connectivity index (χ1v) is 13.4. The number of rotatable bonds is 13. The Hall–Kier alpha value is -3.67. The first kappa shape index (κ1) is 32.5. The largest absolute Gasteiger partial charge is 0.459 e. The second kappa shape index (κ2) is 14.6. The molecule has 1 heterocycles. The standard InChI is InChI=1S/C28H42N4O8/c1-17(2)13-20(23(34)25-31-32(27(37)39-25)15-22(33)40-28(5,6)7)29-24(35)21(14-18(3)4)30-26(36)38-16-19-11-9-8-10-12-19/h8-12,17-18,20-21,25,31H,13-16H2,1-7H3,(H,29,35)(H,30,36)/t20-,21-,25?/m0/s1. The maximum absolute atomic E-state index is 13.3. The van der Waals surface area contributed by atoms with E-state index < -0.39 is 60.3 Å². The summed E-state index contributed by atoms with van der Waals surface area (Å²) in [6, 6.07) is 7.13. The predicted molar refractivity (Wildman–Crippen MR) is 145 cm³/mol. The van der Waals surface area contributed by atoms with Crippen LogP contribution in [0.1, 0.15) is 66.9 Å². The number of esters is 1. The quantitative estimate of drug-likeness (QED) is 0.243. The molecule has 1 aliphatic heterocycles. The van der Waals surface area contributed by atoms with Crippen LogP contribution in [0.5, 0.6) is 0 Å². The molecule has 3 N–H and O–H groups in total. The van der Waals surface area contributed by atoms with Crippen molar-refractivity contribution >= 4 is 29.8 Å². The summed E-state index contributed by atoms with van der Waals surface area (Å²) in [6.07, 6.45) is -2.54. The van der Waals surface area contributed by atoms with Crippen molar-refractivity contribution < 1.29 is 38.2 Å². The third-order valence-electron chi connectivity index (χ3n) is 5.57. The van der Waals surface area contributed by atoms with Crippen LogP contribution >= 0.6 is 0 Å². The minimum absolute atomic E-state index is 0.00318. The Morgan fingerprint density at radius 2 is 1.57 bits per heavy atom. The minimum Gasteiger partial charge on any atom is -0.459 e. The molecule has 222 valence electrons. The number of nitrogens with zero attached hydrogens (tertiary/aromatic N) is 1. The van der Waals surface area contributed by atoms with E-state index in [1.807, 2.05) is 58.0 Å². The first-order chi connectivity index (χ1) is 18.6. The van der Waals surface area contributed by atoms with Crippen LogP contribution in [0, 0.1) is 11.8 Å². The van der Waals surface area contributed by atoms with E-state index in [0.717, 1.165) is 10.6 Å². The number of nitrogens with one attached hydrogen (secondary N) is 3. The normalized spacial score (nSPS) is 16.8. The third-order valence-corrected chi connectivity index (χ3v) is 5.57. The number of hydrogen-bond acceptors (Lipinski definition) is 9. The highest BCUT2D eigenvalue weighted by Gasteiger charge is 2.41. The summed E-state index contributed by atoms with van der Waals surface area (Å²) in [7, 11) is 0. The molecular weight excluding hydrogens is 520 g/mol. The summed E-state index contributed by atoms with van der Waals surface area (Å²) in [6.45, 7) is 12.2. The average Bonchev–Trinajstić information content (AvgIpc) is 3.20. The van der Waals surface area contributed by atoms with E-state index in [0.29, 0.717) is 6.42 Å². The van der Waals surface area contributed by atoms with Crippen molar-refractivity contribution in [1.82, 2.24) is 21.1 Å². The molecule has 0 radical (unpaired) electrons. The number of cyclic esters (lactones) is 1. The van der Waals surface area contributed by atoms with E-state index in [9.17, 15) is 24.0 Å². The van der Waals surface area contributed by atoms with E-state index in [2.05, 4.69) is 16.1 Å². The van der Waals surface area contributed by atoms with Crippen molar-refractivity contribution in [2.75, 3.05) is 6.54 Å². The van der Waals surface area contributed by atoms with Crippen molar-refractivity contribution in [2.45, 2.75) is 91.8 Å². The van der Waals surface area contributed by atoms with Gasteiger partial charge >= 0.3 is 18.2 Å². The van der Waals surface area contributed by atoms with Gasteiger partial charge in [0.05, 0.1) is 6.04 Å². The fraction of sp³-hybridized carbons (Fsp3) is 0.607. The van der Waals surface area contributed by atoms with E-state index in [-0.39, 0.29) is 24.9 Å². The van der Waals surface area contributed by atoms with Crippen LogP contribution in [-0.2, 0) is 35.2 Å². The summed E-state index contributed by atoms with van der Waals surface area (Å²) in [5.74, 6) is -1.81. The van der Waals surface area contributed by atoms with Gasteiger partial charge in [0.15, 0.2) is 0 Å². The van der Waals surface area contributed by atoms with Gasteiger partial charge in [-0.05, 0) is 51.0 Å². The molecule has 0 bridgehead atoms. The zero-order valence-corrected chi connectivity index (χ0v) is 24.3. The molecule has 2 rings (SSSR count). The number of hydrazine groups is 1. The topological polar surface area (TPSA) is 152 Å². The molecule has 1 saturated heterocycles. The van der Waals surface area contributed by atoms with Gasteiger partial charge in [0.1, 0.15) is 24.8 Å². The molecule has 12 nitrogen and oxygen atoms in total.